The number of rotatable bonds is 3. The van der Waals surface area contributed by atoms with Crippen molar-refractivity contribution in [2.45, 2.75) is 13.0 Å². The van der Waals surface area contributed by atoms with Crippen LogP contribution in [0.25, 0.3) is 0 Å². The zero-order valence-electron chi connectivity index (χ0n) is 12.3. The van der Waals surface area contributed by atoms with E-state index in [0.29, 0.717) is 29.5 Å². The molecule has 5 nitrogen and oxygen atoms in total. The molecule has 2 heterocycles. The van der Waals surface area contributed by atoms with Gasteiger partial charge in [-0.25, -0.2) is 4.98 Å². The highest BCUT2D eigenvalue weighted by molar-refractivity contribution is 7.12. The number of methoxy groups -OCH3 is 2. The fourth-order valence-corrected chi connectivity index (χ4v) is 3.54. The van der Waals surface area contributed by atoms with E-state index in [2.05, 4.69) is 4.98 Å². The summed E-state index contributed by atoms with van der Waals surface area (Å²) in [4.78, 5) is 18.7. The lowest BCUT2D eigenvalue weighted by molar-refractivity contribution is 0.0739. The number of nitrogens with zero attached hydrogens (tertiary/aromatic N) is 2. The average Bonchev–Trinajstić information content (AvgIpc) is 2.98. The molecule has 0 saturated heterocycles. The number of hydrogen-bond acceptors (Lipinski definition) is 5. The van der Waals surface area contributed by atoms with Crippen LogP contribution in [0.1, 0.15) is 20.8 Å². The fraction of sp³-hybridized carbons (Fsp3) is 0.333. The van der Waals surface area contributed by atoms with Crippen molar-refractivity contribution in [2.75, 3.05) is 20.8 Å². The van der Waals surface area contributed by atoms with Crippen LogP contribution >= 0.6 is 22.9 Å². The van der Waals surface area contributed by atoms with Crippen LogP contribution in [-0.4, -0.2) is 36.6 Å². The molecule has 7 heteroatoms. The third kappa shape index (κ3) is 2.64. The van der Waals surface area contributed by atoms with Crippen molar-refractivity contribution in [1.29, 1.82) is 0 Å². The van der Waals surface area contributed by atoms with Gasteiger partial charge in [0.1, 0.15) is 4.88 Å². The van der Waals surface area contributed by atoms with Crippen LogP contribution in [-0.2, 0) is 13.0 Å². The molecule has 2 aromatic rings. The largest absolute Gasteiger partial charge is 0.493 e. The third-order valence-corrected chi connectivity index (χ3v) is 4.94. The van der Waals surface area contributed by atoms with Gasteiger partial charge in [-0.3, -0.25) is 4.79 Å². The van der Waals surface area contributed by atoms with E-state index in [1.54, 1.807) is 24.6 Å². The van der Waals surface area contributed by atoms with Crippen LogP contribution in [0.4, 0.5) is 0 Å². The van der Waals surface area contributed by atoms with Gasteiger partial charge in [-0.05, 0) is 29.7 Å². The van der Waals surface area contributed by atoms with E-state index < -0.39 is 0 Å². The lowest BCUT2D eigenvalue weighted by Gasteiger charge is -2.29. The van der Waals surface area contributed by atoms with E-state index in [1.807, 2.05) is 12.1 Å². The van der Waals surface area contributed by atoms with E-state index in [0.717, 1.165) is 12.0 Å². The molecule has 0 N–H and O–H groups in total. The van der Waals surface area contributed by atoms with Gasteiger partial charge in [-0.15, -0.1) is 11.3 Å². The molecule has 3 rings (SSSR count). The van der Waals surface area contributed by atoms with Gasteiger partial charge in [-0.2, -0.15) is 0 Å². The van der Waals surface area contributed by atoms with Crippen molar-refractivity contribution in [3.63, 3.8) is 0 Å². The van der Waals surface area contributed by atoms with Crippen molar-refractivity contribution in [1.82, 2.24) is 9.88 Å². The van der Waals surface area contributed by atoms with Gasteiger partial charge in [0.15, 0.2) is 16.7 Å². The van der Waals surface area contributed by atoms with Crippen LogP contribution in [0.2, 0.25) is 5.15 Å². The van der Waals surface area contributed by atoms with Crippen LogP contribution in [0.3, 0.4) is 0 Å². The summed E-state index contributed by atoms with van der Waals surface area (Å²) in [5, 5.41) is 0.271. The SMILES string of the molecule is COc1cc2c(cc1OC)CN(C(=O)c1scnc1Cl)CC2. The van der Waals surface area contributed by atoms with Gasteiger partial charge >= 0.3 is 0 Å². The molecular formula is C15H15ClN2O3S. The maximum Gasteiger partial charge on any atom is 0.267 e. The highest BCUT2D eigenvalue weighted by atomic mass is 35.5. The number of benzene rings is 1. The van der Waals surface area contributed by atoms with Crippen molar-refractivity contribution in [2.24, 2.45) is 0 Å². The molecule has 116 valence electrons. The lowest BCUT2D eigenvalue weighted by Crippen LogP contribution is -2.35. The minimum atomic E-state index is -0.0760. The summed E-state index contributed by atoms with van der Waals surface area (Å²) in [6, 6.07) is 3.91. The second-order valence-electron chi connectivity index (χ2n) is 4.92. The minimum absolute atomic E-state index is 0.0760. The minimum Gasteiger partial charge on any atom is -0.493 e. The number of amides is 1. The maximum absolute atomic E-state index is 12.5. The van der Waals surface area contributed by atoms with Gasteiger partial charge in [0.05, 0.1) is 19.7 Å². The Labute approximate surface area is 137 Å². The van der Waals surface area contributed by atoms with Crippen LogP contribution in [0.5, 0.6) is 11.5 Å². The van der Waals surface area contributed by atoms with Crippen LogP contribution in [0.15, 0.2) is 17.6 Å². The van der Waals surface area contributed by atoms with Crippen molar-refractivity contribution < 1.29 is 14.3 Å². The first kappa shape index (κ1) is 15.1. The summed E-state index contributed by atoms with van der Waals surface area (Å²) in [5.74, 6) is 1.31. The molecule has 0 fully saturated rings. The third-order valence-electron chi connectivity index (χ3n) is 3.72. The first-order valence-corrected chi connectivity index (χ1v) is 8.01. The van der Waals surface area contributed by atoms with E-state index in [-0.39, 0.29) is 11.1 Å². The number of halogens is 1. The van der Waals surface area contributed by atoms with Gasteiger partial charge in [0, 0.05) is 13.1 Å². The summed E-state index contributed by atoms with van der Waals surface area (Å²) in [6.07, 6.45) is 0.776. The van der Waals surface area contributed by atoms with E-state index in [4.69, 9.17) is 21.1 Å². The fourth-order valence-electron chi connectivity index (χ4n) is 2.57. The number of hydrogen-bond donors (Lipinski definition) is 0. The molecule has 1 aliphatic heterocycles. The Morgan fingerprint density at radius 1 is 1.27 bits per heavy atom. The smallest absolute Gasteiger partial charge is 0.267 e. The van der Waals surface area contributed by atoms with Gasteiger partial charge < -0.3 is 14.4 Å². The Morgan fingerprint density at radius 3 is 2.55 bits per heavy atom. The quantitative estimate of drug-likeness (QED) is 0.863. The van der Waals surface area contributed by atoms with E-state index in [1.165, 1.54) is 16.9 Å². The number of carbonyl (C=O) groups excluding carboxylic acids is 1. The highest BCUT2D eigenvalue weighted by Crippen LogP contribution is 2.34. The monoisotopic (exact) mass is 338 g/mol. The molecule has 0 unspecified atom stereocenters. The Bertz CT molecular complexity index is 717. The van der Waals surface area contributed by atoms with Crippen LogP contribution < -0.4 is 9.47 Å². The molecule has 0 atom stereocenters. The van der Waals surface area contributed by atoms with Gasteiger partial charge in [-0.1, -0.05) is 11.6 Å². The number of carbonyl (C=O) groups is 1. The molecule has 0 bridgehead atoms. The molecule has 0 radical (unpaired) electrons. The Hall–Kier alpha value is -1.79. The maximum atomic E-state index is 12.5. The summed E-state index contributed by atoms with van der Waals surface area (Å²) >= 11 is 7.22. The topological polar surface area (TPSA) is 51.7 Å². The predicted octanol–water partition coefficient (Wildman–Crippen LogP) is 3.01. The molecule has 1 aliphatic rings. The average molecular weight is 339 g/mol. The zero-order valence-corrected chi connectivity index (χ0v) is 13.8. The zero-order chi connectivity index (χ0) is 15.7. The standard InChI is InChI=1S/C15H15ClN2O3S/c1-20-11-5-9-3-4-18(7-10(9)6-12(11)21-2)15(19)13-14(16)17-8-22-13/h5-6,8H,3-4,7H2,1-2H3. The molecule has 1 aromatic heterocycles. The molecule has 0 aliphatic carbocycles. The van der Waals surface area contributed by atoms with Crippen molar-refractivity contribution >= 4 is 28.8 Å². The summed E-state index contributed by atoms with van der Waals surface area (Å²) < 4.78 is 10.7. The molecule has 22 heavy (non-hydrogen) atoms. The van der Waals surface area contributed by atoms with Gasteiger partial charge in [0.2, 0.25) is 0 Å². The van der Waals surface area contributed by atoms with Crippen molar-refractivity contribution in [3.8, 4) is 11.5 Å². The number of aromatic nitrogens is 1. The Kier molecular flexibility index (Phi) is 4.22. The number of thiazole rings is 1. The first-order chi connectivity index (χ1) is 10.6. The predicted molar refractivity (Wildman–Crippen MR) is 85.1 cm³/mol. The highest BCUT2D eigenvalue weighted by Gasteiger charge is 2.26. The second kappa shape index (κ2) is 6.14. The molecule has 0 spiro atoms. The summed E-state index contributed by atoms with van der Waals surface area (Å²) in [6.45, 7) is 1.18. The van der Waals surface area contributed by atoms with Crippen LogP contribution in [0, 0.1) is 0 Å². The van der Waals surface area contributed by atoms with E-state index in [9.17, 15) is 4.79 Å². The molecule has 1 aromatic carbocycles. The van der Waals surface area contributed by atoms with Crippen molar-refractivity contribution in [3.05, 3.63) is 38.8 Å². The summed E-state index contributed by atoms with van der Waals surface area (Å²) in [5.41, 5.74) is 3.83. The normalized spacial score (nSPS) is 13.7. The Morgan fingerprint density at radius 2 is 1.95 bits per heavy atom. The molecule has 1 amide bonds. The lowest BCUT2D eigenvalue weighted by atomic mass is 9.98. The molecule has 0 saturated carbocycles. The van der Waals surface area contributed by atoms with Gasteiger partial charge in [0.25, 0.3) is 5.91 Å². The van der Waals surface area contributed by atoms with E-state index >= 15 is 0 Å². The first-order valence-electron chi connectivity index (χ1n) is 6.76. The number of fused-ring (bicyclic) bond motifs is 1. The molecular weight excluding hydrogens is 324 g/mol. The summed E-state index contributed by atoms with van der Waals surface area (Å²) in [7, 11) is 3.22. The Balaban J connectivity index is 1.87. The second-order valence-corrected chi connectivity index (χ2v) is 6.14. The number of ether oxygens (including phenoxy) is 2.